The summed E-state index contributed by atoms with van der Waals surface area (Å²) in [5.74, 6) is 0.0846. The third kappa shape index (κ3) is 4.77. The highest BCUT2D eigenvalue weighted by atomic mass is 16.3. The first kappa shape index (κ1) is 18.3. The van der Waals surface area contributed by atoms with E-state index in [2.05, 4.69) is 11.4 Å². The number of benzene rings is 1. The zero-order chi connectivity index (χ0) is 18.4. The van der Waals surface area contributed by atoms with Crippen LogP contribution in [0.25, 0.3) is 0 Å². The molecule has 0 unspecified atom stereocenters. The van der Waals surface area contributed by atoms with Crippen molar-refractivity contribution in [2.24, 2.45) is 0 Å². The number of nitrogens with zero attached hydrogens (tertiary/aromatic N) is 2. The molecule has 3 amide bonds. The molecule has 2 aliphatic rings. The maximum Gasteiger partial charge on any atom is 0.317 e. The molecule has 140 valence electrons. The molecule has 0 spiro atoms. The number of aromatic hydroxyl groups is 1. The Morgan fingerprint density at radius 2 is 1.69 bits per heavy atom. The molecule has 1 aliphatic heterocycles. The van der Waals surface area contributed by atoms with Crippen LogP contribution in [0.3, 0.4) is 0 Å². The highest BCUT2D eigenvalue weighted by molar-refractivity contribution is 5.94. The lowest BCUT2D eigenvalue weighted by molar-refractivity contribution is 0.0665. The van der Waals surface area contributed by atoms with Crippen LogP contribution in [0.15, 0.2) is 35.9 Å². The Morgan fingerprint density at radius 3 is 2.35 bits per heavy atom. The number of rotatable bonds is 4. The van der Waals surface area contributed by atoms with E-state index in [1.54, 1.807) is 21.9 Å². The fraction of sp³-hybridized carbons (Fsp3) is 0.500. The van der Waals surface area contributed by atoms with Gasteiger partial charge in [-0.15, -0.1) is 0 Å². The number of allylic oxidation sites excluding steroid dienone is 1. The number of phenols is 1. The third-order valence-electron chi connectivity index (χ3n) is 5.08. The number of phenolic OH excluding ortho intramolecular Hbond substituents is 1. The number of carbonyl (C=O) groups is 2. The van der Waals surface area contributed by atoms with Gasteiger partial charge in [0.05, 0.1) is 0 Å². The topological polar surface area (TPSA) is 72.9 Å². The van der Waals surface area contributed by atoms with Crippen molar-refractivity contribution in [3.63, 3.8) is 0 Å². The molecule has 1 aliphatic carbocycles. The van der Waals surface area contributed by atoms with Gasteiger partial charge in [-0.25, -0.2) is 4.79 Å². The lowest BCUT2D eigenvalue weighted by Crippen LogP contribution is -2.53. The maximum absolute atomic E-state index is 12.5. The molecule has 0 saturated carbocycles. The van der Waals surface area contributed by atoms with E-state index in [9.17, 15) is 14.7 Å². The predicted octanol–water partition coefficient (Wildman–Crippen LogP) is 2.75. The van der Waals surface area contributed by atoms with Crippen LogP contribution in [0.2, 0.25) is 0 Å². The van der Waals surface area contributed by atoms with Gasteiger partial charge in [0.2, 0.25) is 0 Å². The van der Waals surface area contributed by atoms with Crippen LogP contribution in [0.4, 0.5) is 4.79 Å². The SMILES string of the molecule is O=C(NCCC1=CCCCC1)N1CCN(C(=O)c2ccc(O)cc2)CC1. The third-order valence-corrected chi connectivity index (χ3v) is 5.08. The highest BCUT2D eigenvalue weighted by Crippen LogP contribution is 2.19. The van der Waals surface area contributed by atoms with Gasteiger partial charge in [0.15, 0.2) is 0 Å². The summed E-state index contributed by atoms with van der Waals surface area (Å²) in [6.07, 6.45) is 8.11. The Kier molecular flexibility index (Phi) is 6.15. The molecule has 0 aromatic heterocycles. The molecule has 1 fully saturated rings. The molecule has 1 aromatic rings. The first-order valence-corrected chi connectivity index (χ1v) is 9.42. The van der Waals surface area contributed by atoms with Crippen molar-refractivity contribution < 1.29 is 14.7 Å². The van der Waals surface area contributed by atoms with Gasteiger partial charge in [0.1, 0.15) is 5.75 Å². The van der Waals surface area contributed by atoms with Crippen molar-refractivity contribution in [3.8, 4) is 5.75 Å². The quantitative estimate of drug-likeness (QED) is 0.814. The summed E-state index contributed by atoms with van der Waals surface area (Å²) in [5, 5.41) is 12.3. The molecule has 0 atom stereocenters. The van der Waals surface area contributed by atoms with E-state index in [1.807, 2.05) is 0 Å². The molecule has 1 heterocycles. The van der Waals surface area contributed by atoms with Gasteiger partial charge in [0.25, 0.3) is 5.91 Å². The summed E-state index contributed by atoms with van der Waals surface area (Å²) in [4.78, 5) is 28.3. The summed E-state index contributed by atoms with van der Waals surface area (Å²) < 4.78 is 0. The van der Waals surface area contributed by atoms with Crippen molar-refractivity contribution in [2.45, 2.75) is 32.1 Å². The number of piperazine rings is 1. The van der Waals surface area contributed by atoms with E-state index < -0.39 is 0 Å². The van der Waals surface area contributed by atoms with Crippen LogP contribution in [-0.4, -0.2) is 59.6 Å². The smallest absolute Gasteiger partial charge is 0.317 e. The minimum atomic E-state index is -0.0608. The molecule has 2 N–H and O–H groups in total. The Labute approximate surface area is 154 Å². The first-order chi connectivity index (χ1) is 12.6. The molecular weight excluding hydrogens is 330 g/mol. The van der Waals surface area contributed by atoms with Gasteiger partial charge >= 0.3 is 6.03 Å². The van der Waals surface area contributed by atoms with Crippen LogP contribution in [0.1, 0.15) is 42.5 Å². The summed E-state index contributed by atoms with van der Waals surface area (Å²) in [6, 6.07) is 6.23. The van der Waals surface area contributed by atoms with Crippen LogP contribution in [0.5, 0.6) is 5.75 Å². The summed E-state index contributed by atoms with van der Waals surface area (Å²) in [7, 11) is 0. The normalized spacial score (nSPS) is 17.6. The second-order valence-corrected chi connectivity index (χ2v) is 6.92. The number of urea groups is 1. The van der Waals surface area contributed by atoms with Crippen LogP contribution < -0.4 is 5.32 Å². The minimum Gasteiger partial charge on any atom is -0.508 e. The van der Waals surface area contributed by atoms with Gasteiger partial charge < -0.3 is 20.2 Å². The number of hydrogen-bond acceptors (Lipinski definition) is 3. The molecule has 26 heavy (non-hydrogen) atoms. The van der Waals surface area contributed by atoms with E-state index in [1.165, 1.54) is 37.0 Å². The number of carbonyl (C=O) groups excluding carboxylic acids is 2. The molecule has 1 saturated heterocycles. The molecule has 6 heteroatoms. The van der Waals surface area contributed by atoms with Crippen molar-refractivity contribution in [3.05, 3.63) is 41.5 Å². The highest BCUT2D eigenvalue weighted by Gasteiger charge is 2.24. The fourth-order valence-corrected chi connectivity index (χ4v) is 3.47. The van der Waals surface area contributed by atoms with Gasteiger partial charge in [-0.2, -0.15) is 0 Å². The van der Waals surface area contributed by atoms with Crippen LogP contribution in [-0.2, 0) is 0 Å². The average Bonchev–Trinajstić information content (AvgIpc) is 2.69. The summed E-state index contributed by atoms with van der Waals surface area (Å²) in [6.45, 7) is 2.81. The molecule has 0 radical (unpaired) electrons. The number of nitrogens with one attached hydrogen (secondary N) is 1. The summed E-state index contributed by atoms with van der Waals surface area (Å²) >= 11 is 0. The lowest BCUT2D eigenvalue weighted by atomic mass is 9.97. The maximum atomic E-state index is 12.5. The average molecular weight is 357 g/mol. The van der Waals surface area contributed by atoms with Gasteiger partial charge in [-0.05, 0) is 56.4 Å². The zero-order valence-electron chi connectivity index (χ0n) is 15.1. The monoisotopic (exact) mass is 357 g/mol. The van der Waals surface area contributed by atoms with Crippen molar-refractivity contribution in [2.75, 3.05) is 32.7 Å². The summed E-state index contributed by atoms with van der Waals surface area (Å²) in [5.41, 5.74) is 2.02. The Morgan fingerprint density at radius 1 is 1.00 bits per heavy atom. The minimum absolute atomic E-state index is 0.0434. The second kappa shape index (κ2) is 8.74. The van der Waals surface area contributed by atoms with Crippen molar-refractivity contribution >= 4 is 11.9 Å². The van der Waals surface area contributed by atoms with Gasteiger partial charge in [0, 0.05) is 38.3 Å². The largest absolute Gasteiger partial charge is 0.508 e. The number of amides is 3. The molecule has 3 rings (SSSR count). The van der Waals surface area contributed by atoms with E-state index in [4.69, 9.17) is 0 Å². The standard InChI is InChI=1S/C20H27N3O3/c24-18-8-6-17(7-9-18)19(25)22-12-14-23(15-13-22)20(26)21-11-10-16-4-2-1-3-5-16/h4,6-9,24H,1-3,5,10-15H2,(H,21,26). The van der Waals surface area contributed by atoms with E-state index in [-0.39, 0.29) is 17.7 Å². The Hall–Kier alpha value is -2.50. The van der Waals surface area contributed by atoms with Gasteiger partial charge in [-0.1, -0.05) is 11.6 Å². The Balaban J connectivity index is 1.41. The van der Waals surface area contributed by atoms with Crippen LogP contribution >= 0.6 is 0 Å². The molecular formula is C20H27N3O3. The molecule has 0 bridgehead atoms. The van der Waals surface area contributed by atoms with E-state index >= 15 is 0 Å². The predicted molar refractivity (Wildman–Crippen MR) is 100 cm³/mol. The van der Waals surface area contributed by atoms with Crippen molar-refractivity contribution in [1.82, 2.24) is 15.1 Å². The second-order valence-electron chi connectivity index (χ2n) is 6.92. The van der Waals surface area contributed by atoms with E-state index in [0.29, 0.717) is 38.3 Å². The molecule has 6 nitrogen and oxygen atoms in total. The number of hydrogen-bond donors (Lipinski definition) is 2. The first-order valence-electron chi connectivity index (χ1n) is 9.42. The van der Waals surface area contributed by atoms with Crippen molar-refractivity contribution in [1.29, 1.82) is 0 Å². The van der Waals surface area contributed by atoms with Gasteiger partial charge in [-0.3, -0.25) is 4.79 Å². The zero-order valence-corrected chi connectivity index (χ0v) is 15.1. The molecule has 1 aromatic carbocycles. The fourth-order valence-electron chi connectivity index (χ4n) is 3.47. The lowest BCUT2D eigenvalue weighted by Gasteiger charge is -2.34. The van der Waals surface area contributed by atoms with Crippen LogP contribution in [0, 0.1) is 0 Å². The Bertz CT molecular complexity index is 661. The van der Waals surface area contributed by atoms with E-state index in [0.717, 1.165) is 12.8 Å².